The summed E-state index contributed by atoms with van der Waals surface area (Å²) >= 11 is 0. The quantitative estimate of drug-likeness (QED) is 0.645. The van der Waals surface area contributed by atoms with Crippen LogP contribution in [0.5, 0.6) is 0 Å². The smallest absolute Gasteiger partial charge is 0.0399 e. The zero-order chi connectivity index (χ0) is 14.8. The van der Waals surface area contributed by atoms with Crippen LogP contribution in [0.1, 0.15) is 63.6 Å². The standard InChI is InChI=1S/C12H17N.C4H10.C2H6/c1-9-7-11-5-4-6-13(3)12(11)8-10(9)2;1-3-4-2;1-2/h7-8H,4-6H2,1-3H3;3-4H2,1-2H3;1-2H3. The van der Waals surface area contributed by atoms with E-state index in [-0.39, 0.29) is 0 Å². The molecule has 19 heavy (non-hydrogen) atoms. The Morgan fingerprint density at radius 2 is 1.53 bits per heavy atom. The first-order valence-electron chi connectivity index (χ1n) is 7.91. The SMILES string of the molecule is CC.CCCC.Cc1cc2c(cc1C)N(C)CCC2. The van der Waals surface area contributed by atoms with Crippen molar-refractivity contribution >= 4 is 5.69 Å². The first kappa shape index (κ1) is 18.0. The van der Waals surface area contributed by atoms with Crippen LogP contribution in [0.3, 0.4) is 0 Å². The average molecular weight is 263 g/mol. The third-order valence-corrected chi connectivity index (χ3v) is 3.55. The number of hydrogen-bond acceptors (Lipinski definition) is 1. The van der Waals surface area contributed by atoms with E-state index in [4.69, 9.17) is 0 Å². The summed E-state index contributed by atoms with van der Waals surface area (Å²) in [6.45, 7) is 14.0. The molecule has 1 heterocycles. The Bertz CT molecular complexity index is 353. The van der Waals surface area contributed by atoms with Crippen LogP contribution in [0.2, 0.25) is 0 Å². The Balaban J connectivity index is 0.000000467. The van der Waals surface area contributed by atoms with E-state index in [9.17, 15) is 0 Å². The molecule has 0 amide bonds. The normalized spacial score (nSPS) is 12.7. The largest absolute Gasteiger partial charge is 0.374 e. The summed E-state index contributed by atoms with van der Waals surface area (Å²) in [5.74, 6) is 0. The molecule has 1 aliphatic rings. The summed E-state index contributed by atoms with van der Waals surface area (Å²) in [6, 6.07) is 4.67. The van der Waals surface area contributed by atoms with Crippen LogP contribution in [0, 0.1) is 13.8 Å². The molecule has 0 aliphatic carbocycles. The first-order chi connectivity index (χ1) is 9.10. The van der Waals surface area contributed by atoms with Crippen molar-refractivity contribution in [3.63, 3.8) is 0 Å². The van der Waals surface area contributed by atoms with Gasteiger partial charge in [0.2, 0.25) is 0 Å². The third-order valence-electron chi connectivity index (χ3n) is 3.55. The zero-order valence-electron chi connectivity index (χ0n) is 14.1. The summed E-state index contributed by atoms with van der Waals surface area (Å²) in [7, 11) is 2.19. The van der Waals surface area contributed by atoms with E-state index in [2.05, 4.69) is 51.8 Å². The molecule has 2 rings (SSSR count). The lowest BCUT2D eigenvalue weighted by molar-refractivity contribution is 0.743. The molecule has 0 atom stereocenters. The van der Waals surface area contributed by atoms with E-state index in [1.807, 2.05) is 13.8 Å². The van der Waals surface area contributed by atoms with Crippen molar-refractivity contribution in [2.75, 3.05) is 18.5 Å². The Kier molecular flexibility index (Phi) is 9.38. The lowest BCUT2D eigenvalue weighted by Gasteiger charge is -2.28. The van der Waals surface area contributed by atoms with Crippen molar-refractivity contribution in [2.24, 2.45) is 0 Å². The lowest BCUT2D eigenvalue weighted by atomic mass is 9.97. The molecule has 0 saturated carbocycles. The Labute approximate surface area is 121 Å². The molecule has 1 aromatic carbocycles. The highest BCUT2D eigenvalue weighted by molar-refractivity contribution is 5.58. The average Bonchev–Trinajstić information content (AvgIpc) is 2.44. The molecule has 110 valence electrons. The highest BCUT2D eigenvalue weighted by atomic mass is 15.1. The number of benzene rings is 1. The Hall–Kier alpha value is -0.980. The van der Waals surface area contributed by atoms with Crippen LogP contribution in [0.4, 0.5) is 5.69 Å². The van der Waals surface area contributed by atoms with Gasteiger partial charge >= 0.3 is 0 Å². The predicted octanol–water partition coefficient (Wildman–Crippen LogP) is 5.52. The van der Waals surface area contributed by atoms with Crippen LogP contribution in [-0.4, -0.2) is 13.6 Å². The molecule has 0 bridgehead atoms. The van der Waals surface area contributed by atoms with Gasteiger partial charge in [-0.15, -0.1) is 0 Å². The maximum Gasteiger partial charge on any atom is 0.0399 e. The van der Waals surface area contributed by atoms with Gasteiger partial charge in [-0.2, -0.15) is 0 Å². The molecular weight excluding hydrogens is 230 g/mol. The van der Waals surface area contributed by atoms with Gasteiger partial charge in [-0.3, -0.25) is 0 Å². The number of unbranched alkanes of at least 4 members (excludes halogenated alkanes) is 1. The second-order valence-electron chi connectivity index (χ2n) is 5.09. The van der Waals surface area contributed by atoms with Crippen molar-refractivity contribution < 1.29 is 0 Å². The fourth-order valence-corrected chi connectivity index (χ4v) is 2.04. The van der Waals surface area contributed by atoms with Gasteiger partial charge in [-0.05, 0) is 49.4 Å². The molecule has 1 aromatic rings. The fraction of sp³-hybridized carbons (Fsp3) is 0.667. The molecule has 0 unspecified atom stereocenters. The second kappa shape index (κ2) is 9.89. The van der Waals surface area contributed by atoms with E-state index >= 15 is 0 Å². The summed E-state index contributed by atoms with van der Waals surface area (Å²) in [5, 5.41) is 0. The maximum atomic E-state index is 2.37. The molecular formula is C18H33N. The fourth-order valence-electron chi connectivity index (χ4n) is 2.04. The number of rotatable bonds is 1. The minimum Gasteiger partial charge on any atom is -0.374 e. The lowest BCUT2D eigenvalue weighted by Crippen LogP contribution is -2.24. The van der Waals surface area contributed by atoms with Crippen LogP contribution >= 0.6 is 0 Å². The van der Waals surface area contributed by atoms with Crippen molar-refractivity contribution in [3.8, 4) is 0 Å². The second-order valence-corrected chi connectivity index (χ2v) is 5.09. The van der Waals surface area contributed by atoms with Crippen LogP contribution in [0.15, 0.2) is 12.1 Å². The van der Waals surface area contributed by atoms with E-state index in [0.717, 1.165) is 0 Å². The van der Waals surface area contributed by atoms with E-state index < -0.39 is 0 Å². The van der Waals surface area contributed by atoms with Gasteiger partial charge in [0.1, 0.15) is 0 Å². The van der Waals surface area contributed by atoms with Crippen molar-refractivity contribution in [3.05, 3.63) is 28.8 Å². The molecule has 0 fully saturated rings. The van der Waals surface area contributed by atoms with Gasteiger partial charge in [-0.1, -0.05) is 46.6 Å². The number of anilines is 1. The third kappa shape index (κ3) is 5.67. The Morgan fingerprint density at radius 3 is 2.05 bits per heavy atom. The van der Waals surface area contributed by atoms with Crippen molar-refractivity contribution in [1.29, 1.82) is 0 Å². The van der Waals surface area contributed by atoms with Gasteiger partial charge in [0.15, 0.2) is 0 Å². The van der Waals surface area contributed by atoms with Gasteiger partial charge in [0.25, 0.3) is 0 Å². The topological polar surface area (TPSA) is 3.24 Å². The molecule has 0 spiro atoms. The van der Waals surface area contributed by atoms with E-state index in [1.54, 1.807) is 0 Å². The molecule has 1 heteroatoms. The zero-order valence-corrected chi connectivity index (χ0v) is 14.1. The first-order valence-corrected chi connectivity index (χ1v) is 7.91. The predicted molar refractivity (Wildman–Crippen MR) is 89.4 cm³/mol. The van der Waals surface area contributed by atoms with E-state index in [0.29, 0.717) is 0 Å². The number of fused-ring (bicyclic) bond motifs is 1. The molecule has 0 N–H and O–H groups in total. The molecule has 1 nitrogen and oxygen atoms in total. The van der Waals surface area contributed by atoms with Crippen LogP contribution in [-0.2, 0) is 6.42 Å². The number of aryl methyl sites for hydroxylation is 3. The minimum absolute atomic E-state index is 1.20. The monoisotopic (exact) mass is 263 g/mol. The highest BCUT2D eigenvalue weighted by Crippen LogP contribution is 2.28. The van der Waals surface area contributed by atoms with Crippen molar-refractivity contribution in [1.82, 2.24) is 0 Å². The molecule has 1 aliphatic heterocycles. The van der Waals surface area contributed by atoms with E-state index in [1.165, 1.54) is 54.6 Å². The van der Waals surface area contributed by atoms with Crippen LogP contribution in [0.25, 0.3) is 0 Å². The number of nitrogens with zero attached hydrogens (tertiary/aromatic N) is 1. The number of hydrogen-bond donors (Lipinski definition) is 0. The Morgan fingerprint density at radius 1 is 1.00 bits per heavy atom. The minimum atomic E-state index is 1.20. The highest BCUT2D eigenvalue weighted by Gasteiger charge is 2.13. The summed E-state index contributed by atoms with van der Waals surface area (Å²) in [6.07, 6.45) is 5.19. The molecule has 0 aromatic heterocycles. The van der Waals surface area contributed by atoms with Crippen LogP contribution < -0.4 is 4.90 Å². The molecule has 0 radical (unpaired) electrons. The summed E-state index contributed by atoms with van der Waals surface area (Å²) in [4.78, 5) is 2.37. The maximum absolute atomic E-state index is 2.37. The van der Waals surface area contributed by atoms with Gasteiger partial charge in [0, 0.05) is 19.3 Å². The summed E-state index contributed by atoms with van der Waals surface area (Å²) in [5.41, 5.74) is 5.80. The van der Waals surface area contributed by atoms with Gasteiger partial charge in [0.05, 0.1) is 0 Å². The molecule has 0 saturated heterocycles. The van der Waals surface area contributed by atoms with Gasteiger partial charge < -0.3 is 4.90 Å². The summed E-state index contributed by atoms with van der Waals surface area (Å²) < 4.78 is 0. The van der Waals surface area contributed by atoms with Crippen molar-refractivity contribution in [2.45, 2.75) is 67.2 Å². The van der Waals surface area contributed by atoms with Gasteiger partial charge in [-0.25, -0.2) is 0 Å².